The summed E-state index contributed by atoms with van der Waals surface area (Å²) in [6, 6.07) is 15.9. The quantitative estimate of drug-likeness (QED) is 0.127. The van der Waals surface area contributed by atoms with Crippen molar-refractivity contribution in [2.45, 2.75) is 86.5 Å². The molecule has 0 saturated carbocycles. The monoisotopic (exact) mass is 674 g/mol. The minimum absolute atomic E-state index is 0.00556. The number of carbonyl (C=O) groups is 5. The van der Waals surface area contributed by atoms with Gasteiger partial charge in [0.1, 0.15) is 5.78 Å². The molecule has 0 bridgehead atoms. The van der Waals surface area contributed by atoms with Crippen LogP contribution >= 0.6 is 11.6 Å². The summed E-state index contributed by atoms with van der Waals surface area (Å²) in [7, 11) is 0. The molecule has 48 heavy (non-hydrogen) atoms. The Kier molecular flexibility index (Phi) is 12.3. The number of carbonyl (C=O) groups excluding carboxylic acids is 5. The van der Waals surface area contributed by atoms with Crippen LogP contribution in [-0.2, 0) is 35.3 Å². The molecule has 0 radical (unpaired) electrons. The van der Waals surface area contributed by atoms with Crippen LogP contribution in [0.15, 0.2) is 54.6 Å². The highest BCUT2D eigenvalue weighted by Gasteiger charge is 2.24. The number of nitrogen functional groups attached to an aromatic ring is 1. The number of nitrogens with zero attached hydrogens (tertiary/aromatic N) is 1. The summed E-state index contributed by atoms with van der Waals surface area (Å²) in [5, 5.41) is 10.1. The van der Waals surface area contributed by atoms with Gasteiger partial charge in [-0.05, 0) is 71.3 Å². The molecule has 10 heteroatoms. The minimum atomic E-state index is -0.480. The van der Waals surface area contributed by atoms with Crippen molar-refractivity contribution < 1.29 is 28.9 Å². The summed E-state index contributed by atoms with van der Waals surface area (Å²) in [6.07, 6.45) is 4.62. The molecule has 0 heterocycles. The predicted octanol–water partition coefficient (Wildman–Crippen LogP) is 7.89. The largest absolute Gasteiger partial charge is 0.399 e. The number of anilines is 1. The maximum Gasteiger partial charge on any atom is 0.270 e. The maximum atomic E-state index is 11.9. The number of hydrogen-bond donors (Lipinski definition) is 1. The van der Waals surface area contributed by atoms with Gasteiger partial charge in [-0.3, -0.25) is 34.1 Å². The van der Waals surface area contributed by atoms with Gasteiger partial charge in [0.05, 0.1) is 4.92 Å². The summed E-state index contributed by atoms with van der Waals surface area (Å²) < 4.78 is 0. The molecule has 0 amide bonds. The lowest BCUT2D eigenvalue weighted by Gasteiger charge is -2.16. The fraction of sp³-hybridized carbons (Fsp3) is 0.395. The highest BCUT2D eigenvalue weighted by atomic mass is 35.5. The first-order chi connectivity index (χ1) is 22.3. The summed E-state index contributed by atoms with van der Waals surface area (Å²) in [5.41, 5.74) is 11.8. The number of aryl methyl sites for hydroxylation is 3. The number of rotatable bonds is 3. The third-order valence-electron chi connectivity index (χ3n) is 8.17. The van der Waals surface area contributed by atoms with Gasteiger partial charge in [0.15, 0.2) is 17.3 Å². The summed E-state index contributed by atoms with van der Waals surface area (Å²) >= 11 is 5.11. The molecule has 0 aliphatic heterocycles. The van der Waals surface area contributed by atoms with E-state index in [1.165, 1.54) is 12.1 Å². The Bertz CT molecular complexity index is 1760. The Labute approximate surface area is 286 Å². The number of hydrogen-bond acceptors (Lipinski definition) is 8. The zero-order chi connectivity index (χ0) is 36.0. The van der Waals surface area contributed by atoms with Crippen molar-refractivity contribution in [2.24, 2.45) is 10.8 Å². The molecule has 3 aliphatic carbocycles. The van der Waals surface area contributed by atoms with Gasteiger partial charge in [-0.25, -0.2) is 0 Å². The van der Waals surface area contributed by atoms with Crippen LogP contribution in [0, 0.1) is 20.9 Å². The van der Waals surface area contributed by atoms with Crippen LogP contribution in [-0.4, -0.2) is 33.3 Å². The third kappa shape index (κ3) is 10.2. The van der Waals surface area contributed by atoms with Crippen LogP contribution in [0.25, 0.3) is 0 Å². The molecule has 3 aromatic carbocycles. The molecular weight excluding hydrogens is 632 g/mol. The molecule has 0 unspecified atom stereocenters. The smallest absolute Gasteiger partial charge is 0.270 e. The second-order valence-corrected chi connectivity index (χ2v) is 14.5. The lowest BCUT2D eigenvalue weighted by molar-refractivity contribution is -0.384. The van der Waals surface area contributed by atoms with Gasteiger partial charge >= 0.3 is 0 Å². The Hall–Kier alpha value is -4.50. The van der Waals surface area contributed by atoms with Crippen LogP contribution < -0.4 is 5.73 Å². The van der Waals surface area contributed by atoms with Crippen molar-refractivity contribution in [2.75, 3.05) is 5.73 Å². The number of halogens is 1. The van der Waals surface area contributed by atoms with E-state index in [9.17, 15) is 34.1 Å². The Balaban J connectivity index is 0.000000181. The van der Waals surface area contributed by atoms with Gasteiger partial charge in [0.25, 0.3) is 5.69 Å². The first kappa shape index (κ1) is 38.0. The topological polar surface area (TPSA) is 155 Å². The average Bonchev–Trinajstić information content (AvgIpc) is 3.69. The number of nitro groups is 1. The summed E-state index contributed by atoms with van der Waals surface area (Å²) in [5.74, 6) is 0.666. The van der Waals surface area contributed by atoms with Crippen LogP contribution in [0.5, 0.6) is 0 Å². The predicted molar refractivity (Wildman–Crippen MR) is 187 cm³/mol. The van der Waals surface area contributed by atoms with Crippen molar-refractivity contribution in [3.8, 4) is 0 Å². The van der Waals surface area contributed by atoms with Crippen molar-refractivity contribution in [3.05, 3.63) is 104 Å². The van der Waals surface area contributed by atoms with Crippen LogP contribution in [0.1, 0.15) is 114 Å². The van der Waals surface area contributed by atoms with Gasteiger partial charge in [0.2, 0.25) is 5.24 Å². The number of benzene rings is 3. The molecule has 0 spiro atoms. The van der Waals surface area contributed by atoms with E-state index in [1.807, 2.05) is 51.1 Å². The third-order valence-corrected chi connectivity index (χ3v) is 8.74. The lowest BCUT2D eigenvalue weighted by Crippen LogP contribution is -2.22. The number of nitrogens with two attached hydrogens (primary N) is 1. The normalized spacial score (nSPS) is 14.3. The SMILES string of the molecule is CC(C)(C)C(=O)Cc1ccc2c(c1)C(=O)CC2.CC(C)(C)C(=O)Cl.Nc1ccc2c(c1)C(=O)CC2.O=C1CCc2ccc([N+](=O)[O-])cc21. The fourth-order valence-electron chi connectivity index (χ4n) is 5.04. The van der Waals surface area contributed by atoms with E-state index in [4.69, 9.17) is 17.3 Å². The minimum Gasteiger partial charge on any atom is -0.399 e. The van der Waals surface area contributed by atoms with Crippen LogP contribution in [0.4, 0.5) is 11.4 Å². The Morgan fingerprint density at radius 3 is 1.54 bits per heavy atom. The molecule has 2 N–H and O–H groups in total. The van der Waals surface area contributed by atoms with Crippen LogP contribution in [0.2, 0.25) is 0 Å². The molecule has 6 rings (SSSR count). The van der Waals surface area contributed by atoms with Gasteiger partial charge in [0, 0.05) is 71.0 Å². The van der Waals surface area contributed by atoms with Crippen molar-refractivity contribution in [1.29, 1.82) is 0 Å². The second-order valence-electron chi connectivity index (χ2n) is 14.1. The first-order valence-electron chi connectivity index (χ1n) is 15.9. The number of nitro benzene ring substituents is 1. The van der Waals surface area contributed by atoms with Crippen molar-refractivity contribution in [1.82, 2.24) is 0 Å². The summed E-state index contributed by atoms with van der Waals surface area (Å²) in [4.78, 5) is 66.1. The fourth-order valence-corrected chi connectivity index (χ4v) is 5.04. The van der Waals surface area contributed by atoms with Gasteiger partial charge in [-0.15, -0.1) is 0 Å². The zero-order valence-electron chi connectivity index (χ0n) is 28.4. The number of Topliss-reactive ketones (excluding diaryl/α,β-unsaturated/α-hetero) is 4. The highest BCUT2D eigenvalue weighted by molar-refractivity contribution is 6.64. The molecule has 254 valence electrons. The summed E-state index contributed by atoms with van der Waals surface area (Å²) in [6.45, 7) is 11.1. The molecule has 0 atom stereocenters. The van der Waals surface area contributed by atoms with E-state index in [0.29, 0.717) is 43.4 Å². The van der Waals surface area contributed by atoms with Crippen molar-refractivity contribution >= 4 is 51.4 Å². The number of non-ortho nitro benzene ring substituents is 1. The number of fused-ring (bicyclic) bond motifs is 3. The van der Waals surface area contributed by atoms with Gasteiger partial charge in [-0.2, -0.15) is 0 Å². The average molecular weight is 675 g/mol. The highest BCUT2D eigenvalue weighted by Crippen LogP contribution is 2.27. The Morgan fingerprint density at radius 1 is 0.688 bits per heavy atom. The Morgan fingerprint density at radius 2 is 1.10 bits per heavy atom. The van der Waals surface area contributed by atoms with E-state index >= 15 is 0 Å². The van der Waals surface area contributed by atoms with Crippen LogP contribution in [0.3, 0.4) is 0 Å². The zero-order valence-corrected chi connectivity index (χ0v) is 29.2. The molecule has 3 aromatic rings. The standard InChI is InChI=1S/C15H18O2.C9H7NO3.C9H9NO.C5H9ClO/c1-15(2,3)14(17)9-10-4-5-11-6-7-13(16)12(11)8-10;11-9-4-2-6-1-3-7(10(12)13)5-8(6)9;10-7-3-1-6-2-4-9(11)8(6)5-7;1-5(2,3)4(6)7/h4-5,8H,6-7,9H2,1-3H3;1,3,5H,2,4H2;1,3,5H,2,4,10H2;1-3H3. The van der Waals surface area contributed by atoms with Crippen molar-refractivity contribution in [3.63, 3.8) is 0 Å². The van der Waals surface area contributed by atoms with E-state index < -0.39 is 4.92 Å². The van der Waals surface area contributed by atoms with E-state index in [0.717, 1.165) is 46.2 Å². The first-order valence-corrected chi connectivity index (χ1v) is 16.3. The van der Waals surface area contributed by atoms with E-state index in [1.54, 1.807) is 32.9 Å². The van der Waals surface area contributed by atoms with Gasteiger partial charge < -0.3 is 5.73 Å². The van der Waals surface area contributed by atoms with Gasteiger partial charge in [-0.1, -0.05) is 65.8 Å². The molecule has 9 nitrogen and oxygen atoms in total. The molecule has 0 aromatic heterocycles. The molecule has 0 fully saturated rings. The number of ketones is 4. The van der Waals surface area contributed by atoms with E-state index in [-0.39, 0.29) is 44.9 Å². The van der Waals surface area contributed by atoms with E-state index in [2.05, 4.69) is 0 Å². The molecular formula is C38H43ClN2O7. The second kappa shape index (κ2) is 15.6. The maximum absolute atomic E-state index is 11.9. The molecule has 3 aliphatic rings. The lowest BCUT2D eigenvalue weighted by atomic mass is 9.86. The molecule has 0 saturated heterocycles.